The predicted octanol–water partition coefficient (Wildman–Crippen LogP) is 2.23. The molecule has 1 aliphatic carbocycles. The summed E-state index contributed by atoms with van der Waals surface area (Å²) >= 11 is 0. The van der Waals surface area contributed by atoms with E-state index in [-0.39, 0.29) is 0 Å². The van der Waals surface area contributed by atoms with Crippen LogP contribution in [0.4, 0.5) is 16.2 Å². The molecule has 0 aromatic carbocycles. The van der Waals surface area contributed by atoms with E-state index in [1.807, 2.05) is 0 Å². The molecular weight excluding hydrogens is 307 g/mol. The third-order valence-electron chi connectivity index (χ3n) is 4.79. The van der Waals surface area contributed by atoms with E-state index in [1.54, 1.807) is 0 Å². The van der Waals surface area contributed by atoms with Crippen molar-refractivity contribution in [2.24, 2.45) is 0 Å². The van der Waals surface area contributed by atoms with Crippen LogP contribution in [0.1, 0.15) is 35.8 Å². The molecule has 0 atom stereocenters. The lowest BCUT2D eigenvalue weighted by Gasteiger charge is -2.36. The monoisotopic (exact) mass is 328 g/mol. The van der Waals surface area contributed by atoms with Gasteiger partial charge in [-0.3, -0.25) is 0 Å². The molecule has 3 heterocycles. The van der Waals surface area contributed by atoms with Crippen LogP contribution in [0.2, 0.25) is 0 Å². The Morgan fingerprint density at radius 1 is 0.958 bits per heavy atom. The summed E-state index contributed by atoms with van der Waals surface area (Å²) in [5.41, 5.74) is 2.23. The molecule has 2 fully saturated rings. The maximum atomic E-state index is 13.0. The van der Waals surface area contributed by atoms with Crippen LogP contribution in [0.15, 0.2) is 12.4 Å². The van der Waals surface area contributed by atoms with Gasteiger partial charge >= 0.3 is 0 Å². The number of halogens is 1. The van der Waals surface area contributed by atoms with E-state index in [4.69, 9.17) is 4.98 Å². The first kappa shape index (κ1) is 15.2. The van der Waals surface area contributed by atoms with Crippen LogP contribution < -0.4 is 9.80 Å². The van der Waals surface area contributed by atoms with Crippen molar-refractivity contribution in [1.29, 1.82) is 0 Å². The lowest BCUT2D eigenvalue weighted by atomic mass is 10.2. The van der Waals surface area contributed by atoms with Crippen molar-refractivity contribution in [2.75, 3.05) is 36.0 Å². The van der Waals surface area contributed by atoms with Crippen LogP contribution in [0.3, 0.4) is 0 Å². The first-order valence-corrected chi connectivity index (χ1v) is 8.44. The average molecular weight is 328 g/mol. The second-order valence-corrected chi connectivity index (χ2v) is 6.57. The van der Waals surface area contributed by atoms with Crippen LogP contribution in [-0.4, -0.2) is 46.1 Å². The summed E-state index contributed by atoms with van der Waals surface area (Å²) in [6, 6.07) is 0. The van der Waals surface area contributed by atoms with Gasteiger partial charge in [0, 0.05) is 43.4 Å². The largest absolute Gasteiger partial charge is 0.353 e. The molecule has 126 valence electrons. The van der Waals surface area contributed by atoms with Gasteiger partial charge in [-0.15, -0.1) is 0 Å². The normalized spacial score (nSPS) is 18.1. The zero-order valence-electron chi connectivity index (χ0n) is 14.0. The molecule has 0 bridgehead atoms. The van der Waals surface area contributed by atoms with Gasteiger partial charge in [-0.1, -0.05) is 0 Å². The van der Waals surface area contributed by atoms with Crippen LogP contribution in [0, 0.1) is 19.7 Å². The number of rotatable bonds is 3. The molecule has 2 aromatic rings. The molecule has 1 aliphatic heterocycles. The SMILES string of the molecule is Cc1nc(C2CC2)nc(N2CCN(c3ncc(F)cn3)CC2)c1C. The molecule has 2 aromatic heterocycles. The van der Waals surface area contributed by atoms with Crippen molar-refractivity contribution in [2.45, 2.75) is 32.6 Å². The van der Waals surface area contributed by atoms with Gasteiger partial charge in [0.1, 0.15) is 11.6 Å². The highest BCUT2D eigenvalue weighted by molar-refractivity contribution is 5.50. The van der Waals surface area contributed by atoms with Crippen molar-refractivity contribution in [3.05, 3.63) is 35.3 Å². The summed E-state index contributed by atoms with van der Waals surface area (Å²) < 4.78 is 13.0. The summed E-state index contributed by atoms with van der Waals surface area (Å²) in [7, 11) is 0. The van der Waals surface area contributed by atoms with Crippen molar-refractivity contribution in [3.8, 4) is 0 Å². The van der Waals surface area contributed by atoms with Gasteiger partial charge in [-0.2, -0.15) is 0 Å². The van der Waals surface area contributed by atoms with E-state index in [0.29, 0.717) is 11.9 Å². The predicted molar refractivity (Wildman–Crippen MR) is 89.9 cm³/mol. The summed E-state index contributed by atoms with van der Waals surface area (Å²) in [6.45, 7) is 7.45. The van der Waals surface area contributed by atoms with Gasteiger partial charge in [-0.05, 0) is 26.7 Å². The Balaban J connectivity index is 1.50. The molecule has 0 unspecified atom stereocenters. The molecule has 4 rings (SSSR count). The van der Waals surface area contributed by atoms with E-state index in [9.17, 15) is 4.39 Å². The number of piperazine rings is 1. The summed E-state index contributed by atoms with van der Waals surface area (Å²) in [5, 5.41) is 0. The molecule has 0 spiro atoms. The van der Waals surface area contributed by atoms with Crippen molar-refractivity contribution in [3.63, 3.8) is 0 Å². The molecule has 2 aliphatic rings. The lowest BCUT2D eigenvalue weighted by molar-refractivity contribution is 0.600. The fourth-order valence-electron chi connectivity index (χ4n) is 3.05. The third kappa shape index (κ3) is 2.90. The Morgan fingerprint density at radius 2 is 1.58 bits per heavy atom. The zero-order chi connectivity index (χ0) is 16.7. The molecule has 0 N–H and O–H groups in total. The minimum Gasteiger partial charge on any atom is -0.353 e. The highest BCUT2D eigenvalue weighted by Gasteiger charge is 2.29. The molecule has 1 saturated carbocycles. The number of hydrogen-bond donors (Lipinski definition) is 0. The Kier molecular flexibility index (Phi) is 3.78. The molecule has 7 heteroatoms. The van der Waals surface area contributed by atoms with E-state index in [0.717, 1.165) is 49.1 Å². The van der Waals surface area contributed by atoms with Gasteiger partial charge in [0.25, 0.3) is 0 Å². The minimum absolute atomic E-state index is 0.405. The van der Waals surface area contributed by atoms with Crippen molar-refractivity contribution < 1.29 is 4.39 Å². The average Bonchev–Trinajstić information content (AvgIpc) is 3.43. The maximum absolute atomic E-state index is 13.0. The molecule has 24 heavy (non-hydrogen) atoms. The summed E-state index contributed by atoms with van der Waals surface area (Å²) in [5.74, 6) is 2.79. The molecule has 0 radical (unpaired) electrons. The number of aryl methyl sites for hydroxylation is 1. The van der Waals surface area contributed by atoms with E-state index in [2.05, 4.69) is 38.6 Å². The molecule has 0 amide bonds. The fourth-order valence-corrected chi connectivity index (χ4v) is 3.05. The van der Waals surface area contributed by atoms with Crippen LogP contribution in [-0.2, 0) is 0 Å². The number of anilines is 2. The standard InChI is InChI=1S/C17H21FN6/c1-11-12(2)21-15(13-3-4-13)22-16(11)23-5-7-24(8-6-23)17-19-9-14(18)10-20-17/h9-10,13H,3-8H2,1-2H3. The number of nitrogens with zero attached hydrogens (tertiary/aromatic N) is 6. The second kappa shape index (κ2) is 5.96. The van der Waals surface area contributed by atoms with Gasteiger partial charge in [0.2, 0.25) is 5.95 Å². The van der Waals surface area contributed by atoms with E-state index in [1.165, 1.54) is 25.2 Å². The van der Waals surface area contributed by atoms with Gasteiger partial charge in [-0.25, -0.2) is 24.3 Å². The Morgan fingerprint density at radius 3 is 2.21 bits per heavy atom. The van der Waals surface area contributed by atoms with Crippen molar-refractivity contribution >= 4 is 11.8 Å². The second-order valence-electron chi connectivity index (χ2n) is 6.57. The number of aromatic nitrogens is 4. The highest BCUT2D eigenvalue weighted by Crippen LogP contribution is 2.39. The van der Waals surface area contributed by atoms with Gasteiger partial charge in [0.15, 0.2) is 5.82 Å². The Labute approximate surface area is 140 Å². The lowest BCUT2D eigenvalue weighted by Crippen LogP contribution is -2.47. The number of hydrogen-bond acceptors (Lipinski definition) is 6. The van der Waals surface area contributed by atoms with Crippen LogP contribution >= 0.6 is 0 Å². The summed E-state index contributed by atoms with van der Waals surface area (Å²) in [6.07, 6.45) is 4.85. The maximum Gasteiger partial charge on any atom is 0.225 e. The smallest absolute Gasteiger partial charge is 0.225 e. The summed E-state index contributed by atoms with van der Waals surface area (Å²) in [4.78, 5) is 22.0. The first-order chi connectivity index (χ1) is 11.6. The minimum atomic E-state index is -0.405. The van der Waals surface area contributed by atoms with Crippen molar-refractivity contribution in [1.82, 2.24) is 19.9 Å². The van der Waals surface area contributed by atoms with Gasteiger partial charge in [0.05, 0.1) is 12.4 Å². The van der Waals surface area contributed by atoms with Gasteiger partial charge < -0.3 is 9.80 Å². The highest BCUT2D eigenvalue weighted by atomic mass is 19.1. The molecular formula is C17H21FN6. The van der Waals surface area contributed by atoms with Crippen LogP contribution in [0.5, 0.6) is 0 Å². The zero-order valence-corrected chi connectivity index (χ0v) is 14.0. The first-order valence-electron chi connectivity index (χ1n) is 8.44. The Hall–Kier alpha value is -2.31. The third-order valence-corrected chi connectivity index (χ3v) is 4.79. The van der Waals surface area contributed by atoms with Crippen LogP contribution in [0.25, 0.3) is 0 Å². The molecule has 1 saturated heterocycles. The molecule has 6 nitrogen and oxygen atoms in total. The quantitative estimate of drug-likeness (QED) is 0.861. The van der Waals surface area contributed by atoms with E-state index >= 15 is 0 Å². The Bertz CT molecular complexity index is 735. The topological polar surface area (TPSA) is 58.0 Å². The fraction of sp³-hybridized carbons (Fsp3) is 0.529. The van der Waals surface area contributed by atoms with E-state index < -0.39 is 5.82 Å².